The molecule has 0 saturated carbocycles. The molecule has 5 nitrogen and oxygen atoms in total. The number of para-hydroxylation sites is 1. The molecule has 2 aromatic carbocycles. The van der Waals surface area contributed by atoms with Gasteiger partial charge in [-0.1, -0.05) is 45.9 Å². The molecular weight excluding hydrogens is 458 g/mol. The van der Waals surface area contributed by atoms with E-state index in [1.54, 1.807) is 24.5 Å². The highest BCUT2D eigenvalue weighted by Crippen LogP contribution is 2.35. The van der Waals surface area contributed by atoms with Gasteiger partial charge in [-0.3, -0.25) is 4.79 Å². The first-order valence-electron chi connectivity index (χ1n) is 12.3. The molecular formula is C29H37NO4S. The Morgan fingerprint density at radius 3 is 2.51 bits per heavy atom. The number of hydrogen-bond donors (Lipinski definition) is 1. The van der Waals surface area contributed by atoms with Crippen molar-refractivity contribution in [1.82, 2.24) is 0 Å². The van der Waals surface area contributed by atoms with Gasteiger partial charge in [0.05, 0.1) is 19.3 Å². The summed E-state index contributed by atoms with van der Waals surface area (Å²) in [5.74, 6) is 0.419. The average molecular weight is 496 g/mol. The van der Waals surface area contributed by atoms with Crippen LogP contribution in [0, 0.1) is 0 Å². The highest BCUT2D eigenvalue weighted by molar-refractivity contribution is 7.10. The molecule has 0 saturated heterocycles. The molecule has 2 N–H and O–H groups in total. The number of benzene rings is 2. The second-order valence-corrected chi connectivity index (χ2v) is 8.33. The maximum absolute atomic E-state index is 11.9. The molecule has 4 aromatic rings. The number of furan rings is 1. The minimum Gasteiger partial charge on any atom is -0.489 e. The monoisotopic (exact) mass is 495 g/mol. The van der Waals surface area contributed by atoms with E-state index in [9.17, 15) is 4.79 Å². The van der Waals surface area contributed by atoms with Crippen molar-refractivity contribution in [2.75, 3.05) is 6.61 Å². The van der Waals surface area contributed by atoms with Crippen molar-refractivity contribution < 1.29 is 18.7 Å². The molecule has 0 amide bonds. The number of ether oxygens (including phenoxy) is 2. The third kappa shape index (κ3) is 7.44. The Bertz CT molecular complexity index is 1190. The number of rotatable bonds is 8. The average Bonchev–Trinajstić information content (AvgIpc) is 3.56. The lowest BCUT2D eigenvalue weighted by Gasteiger charge is -2.12. The van der Waals surface area contributed by atoms with Gasteiger partial charge in [0.15, 0.2) is 0 Å². The maximum atomic E-state index is 11.9. The van der Waals surface area contributed by atoms with E-state index in [0.717, 1.165) is 38.1 Å². The van der Waals surface area contributed by atoms with Crippen molar-refractivity contribution >= 4 is 28.3 Å². The molecule has 4 rings (SSSR count). The number of thiophene rings is 1. The molecule has 188 valence electrons. The Kier molecular flexibility index (Phi) is 11.5. The normalized spacial score (nSPS) is 11.1. The van der Waals surface area contributed by atoms with Gasteiger partial charge in [-0.15, -0.1) is 11.3 Å². The fraction of sp³-hybridized carbons (Fsp3) is 0.345. The predicted molar refractivity (Wildman–Crippen MR) is 146 cm³/mol. The summed E-state index contributed by atoms with van der Waals surface area (Å²) in [6.07, 6.45) is 1.89. The molecule has 0 aliphatic rings. The minimum absolute atomic E-state index is 0.00624. The number of carbonyl (C=O) groups excluding carboxylic acids is 1. The minimum atomic E-state index is -0.261. The van der Waals surface area contributed by atoms with Gasteiger partial charge >= 0.3 is 5.97 Å². The van der Waals surface area contributed by atoms with Crippen LogP contribution in [0.5, 0.6) is 5.75 Å². The lowest BCUT2D eigenvalue weighted by atomic mass is 10.0. The Balaban J connectivity index is 0.00000103. The van der Waals surface area contributed by atoms with Gasteiger partial charge in [0.1, 0.15) is 17.9 Å². The highest BCUT2D eigenvalue weighted by atomic mass is 32.1. The summed E-state index contributed by atoms with van der Waals surface area (Å²) >= 11 is 1.65. The number of fused-ring (bicyclic) bond motifs is 1. The topological polar surface area (TPSA) is 74.7 Å². The van der Waals surface area contributed by atoms with Gasteiger partial charge in [-0.25, -0.2) is 0 Å². The van der Waals surface area contributed by atoms with E-state index in [4.69, 9.17) is 19.6 Å². The Morgan fingerprint density at radius 1 is 1.09 bits per heavy atom. The summed E-state index contributed by atoms with van der Waals surface area (Å²) in [5, 5.41) is 3.12. The fourth-order valence-corrected chi connectivity index (χ4v) is 4.36. The van der Waals surface area contributed by atoms with E-state index in [1.165, 1.54) is 0 Å². The quantitative estimate of drug-likeness (QED) is 0.251. The van der Waals surface area contributed by atoms with Crippen LogP contribution in [0.2, 0.25) is 0 Å². The number of esters is 1. The fourth-order valence-electron chi connectivity index (χ4n) is 3.49. The van der Waals surface area contributed by atoms with Crippen LogP contribution in [0.3, 0.4) is 0 Å². The second-order valence-electron chi connectivity index (χ2n) is 7.39. The largest absolute Gasteiger partial charge is 0.489 e. The summed E-state index contributed by atoms with van der Waals surface area (Å²) in [5.41, 5.74) is 10.8. The van der Waals surface area contributed by atoms with Crippen LogP contribution in [-0.4, -0.2) is 12.6 Å². The zero-order valence-corrected chi connectivity index (χ0v) is 22.4. The first-order chi connectivity index (χ1) is 17.0. The lowest BCUT2D eigenvalue weighted by Crippen LogP contribution is -2.09. The van der Waals surface area contributed by atoms with Crippen LogP contribution in [-0.2, 0) is 22.6 Å². The smallest absolute Gasteiger partial charge is 0.310 e. The zero-order chi connectivity index (χ0) is 25.8. The van der Waals surface area contributed by atoms with Crippen LogP contribution in [0.25, 0.3) is 22.1 Å². The second kappa shape index (κ2) is 14.3. The molecule has 0 aliphatic heterocycles. The Labute approximate surface area is 212 Å². The standard InChI is InChI=1S/C25H25NO4S.2C2H6/c1-3-28-24(27)13-18-6-4-5-7-22(18)30-14-17-10-19-8-9-29-25(19)21(11-17)20-12-23(16(2)26)31-15-20;2*1-2/h4-12,15-16H,3,13-14,26H2,1-2H3;2*1-2H3. The third-order valence-electron chi connectivity index (χ3n) is 5.00. The van der Waals surface area contributed by atoms with Gasteiger partial charge in [0.2, 0.25) is 0 Å². The molecule has 0 aliphatic carbocycles. The van der Waals surface area contributed by atoms with Gasteiger partial charge in [-0.05, 0) is 60.7 Å². The van der Waals surface area contributed by atoms with Crippen molar-refractivity contribution in [2.45, 2.75) is 60.6 Å². The molecule has 0 fully saturated rings. The van der Waals surface area contributed by atoms with Crippen molar-refractivity contribution in [1.29, 1.82) is 0 Å². The molecule has 6 heteroatoms. The molecule has 0 radical (unpaired) electrons. The molecule has 2 heterocycles. The van der Waals surface area contributed by atoms with Crippen LogP contribution in [0.4, 0.5) is 0 Å². The maximum Gasteiger partial charge on any atom is 0.310 e. The Hall–Kier alpha value is -3.09. The van der Waals surface area contributed by atoms with Crippen molar-refractivity contribution in [3.8, 4) is 16.9 Å². The molecule has 2 aromatic heterocycles. The predicted octanol–water partition coefficient (Wildman–Crippen LogP) is 7.92. The highest BCUT2D eigenvalue weighted by Gasteiger charge is 2.14. The summed E-state index contributed by atoms with van der Waals surface area (Å²) in [7, 11) is 0. The van der Waals surface area contributed by atoms with Gasteiger partial charge < -0.3 is 19.6 Å². The van der Waals surface area contributed by atoms with Crippen molar-refractivity contribution in [3.05, 3.63) is 76.2 Å². The van der Waals surface area contributed by atoms with Gasteiger partial charge in [0, 0.05) is 27.4 Å². The lowest BCUT2D eigenvalue weighted by molar-refractivity contribution is -0.142. The first kappa shape index (κ1) is 28.1. The molecule has 1 unspecified atom stereocenters. The van der Waals surface area contributed by atoms with E-state index in [0.29, 0.717) is 19.0 Å². The Morgan fingerprint density at radius 2 is 1.83 bits per heavy atom. The first-order valence-corrected chi connectivity index (χ1v) is 13.1. The SMILES string of the molecule is CC.CC.CCOC(=O)Cc1ccccc1OCc1cc(-c2csc(C(C)N)c2)c2occc2c1. The van der Waals surface area contributed by atoms with Crippen LogP contribution in [0.1, 0.15) is 63.6 Å². The van der Waals surface area contributed by atoms with Crippen molar-refractivity contribution in [3.63, 3.8) is 0 Å². The summed E-state index contributed by atoms with van der Waals surface area (Å²) < 4.78 is 16.9. The number of carbonyl (C=O) groups is 1. The third-order valence-corrected chi connectivity index (χ3v) is 6.13. The number of hydrogen-bond acceptors (Lipinski definition) is 6. The van der Waals surface area contributed by atoms with Crippen molar-refractivity contribution in [2.24, 2.45) is 5.73 Å². The van der Waals surface area contributed by atoms with E-state index in [-0.39, 0.29) is 18.4 Å². The van der Waals surface area contributed by atoms with Gasteiger partial charge in [0.25, 0.3) is 0 Å². The number of nitrogens with two attached hydrogens (primary N) is 1. The van der Waals surface area contributed by atoms with Crippen LogP contribution >= 0.6 is 11.3 Å². The van der Waals surface area contributed by atoms with Crippen LogP contribution in [0.15, 0.2) is 64.6 Å². The van der Waals surface area contributed by atoms with Crippen LogP contribution < -0.4 is 10.5 Å². The molecule has 35 heavy (non-hydrogen) atoms. The summed E-state index contributed by atoms with van der Waals surface area (Å²) in [6, 6.07) is 15.8. The molecule has 0 bridgehead atoms. The van der Waals surface area contributed by atoms with Gasteiger partial charge in [-0.2, -0.15) is 0 Å². The van der Waals surface area contributed by atoms with E-state index in [1.807, 2.05) is 65.0 Å². The van der Waals surface area contributed by atoms with E-state index < -0.39 is 0 Å². The van der Waals surface area contributed by atoms with E-state index in [2.05, 4.69) is 23.6 Å². The zero-order valence-electron chi connectivity index (χ0n) is 21.6. The van der Waals surface area contributed by atoms with E-state index >= 15 is 0 Å². The molecule has 1 atom stereocenters. The summed E-state index contributed by atoms with van der Waals surface area (Å²) in [4.78, 5) is 13.0. The summed E-state index contributed by atoms with van der Waals surface area (Å²) in [6.45, 7) is 12.5. The molecule has 0 spiro atoms.